The maximum atomic E-state index is 14.0. The van der Waals surface area contributed by atoms with Crippen LogP contribution in [0, 0.1) is 12.7 Å². The molecule has 114 valence electrons. The number of fused-ring (bicyclic) bond motifs is 2. The van der Waals surface area contributed by atoms with E-state index < -0.39 is 0 Å². The third-order valence-electron chi connectivity index (χ3n) is 3.48. The minimum atomic E-state index is -0.328. The molecular weight excluding hydrogens is 281 g/mol. The van der Waals surface area contributed by atoms with Crippen molar-refractivity contribution in [2.45, 2.75) is 20.8 Å². The zero-order valence-electron chi connectivity index (χ0n) is 12.9. The highest BCUT2D eigenvalue weighted by atomic mass is 19.1. The highest BCUT2D eigenvalue weighted by Gasteiger charge is 2.13. The fourth-order valence-electron chi connectivity index (χ4n) is 2.46. The highest BCUT2D eigenvalue weighted by Crippen LogP contribution is 2.28. The molecule has 0 aromatic heterocycles. The molecule has 5 heteroatoms. The Morgan fingerprint density at radius 2 is 2.05 bits per heavy atom. The van der Waals surface area contributed by atoms with E-state index in [1.54, 1.807) is 6.07 Å². The lowest BCUT2D eigenvalue weighted by Gasteiger charge is -2.10. The molecule has 3 rings (SSSR count). The second-order valence-corrected chi connectivity index (χ2v) is 5.12. The Kier molecular flexibility index (Phi) is 3.79. The van der Waals surface area contributed by atoms with Crippen molar-refractivity contribution >= 4 is 16.8 Å². The molecule has 0 spiro atoms. The van der Waals surface area contributed by atoms with Gasteiger partial charge in [0.1, 0.15) is 17.0 Å². The SMILES string of the molecule is CC/N=c1/cc2oc3cc(NCC)c(F)cc3nc-2cc1C. The van der Waals surface area contributed by atoms with E-state index in [1.807, 2.05) is 32.9 Å². The van der Waals surface area contributed by atoms with Crippen LogP contribution < -0.4 is 10.7 Å². The molecule has 1 aromatic carbocycles. The number of nitrogens with one attached hydrogen (secondary N) is 1. The molecular formula is C17H18FN3O. The third-order valence-corrected chi connectivity index (χ3v) is 3.48. The van der Waals surface area contributed by atoms with Crippen molar-refractivity contribution < 1.29 is 8.81 Å². The summed E-state index contributed by atoms with van der Waals surface area (Å²) >= 11 is 0. The zero-order chi connectivity index (χ0) is 15.7. The van der Waals surface area contributed by atoms with Crippen molar-refractivity contribution in [2.75, 3.05) is 18.4 Å². The molecule has 0 unspecified atom stereocenters. The minimum absolute atomic E-state index is 0.328. The van der Waals surface area contributed by atoms with Crippen LogP contribution in [0.3, 0.4) is 0 Å². The summed E-state index contributed by atoms with van der Waals surface area (Å²) in [5.41, 5.74) is 3.21. The van der Waals surface area contributed by atoms with E-state index in [4.69, 9.17) is 4.42 Å². The second-order valence-electron chi connectivity index (χ2n) is 5.12. The predicted octanol–water partition coefficient (Wildman–Crippen LogP) is 3.73. The summed E-state index contributed by atoms with van der Waals surface area (Å²) in [6.07, 6.45) is 0. The van der Waals surface area contributed by atoms with E-state index in [1.165, 1.54) is 6.07 Å². The summed E-state index contributed by atoms with van der Waals surface area (Å²) in [7, 11) is 0. The minimum Gasteiger partial charge on any atom is -0.453 e. The van der Waals surface area contributed by atoms with Crippen molar-refractivity contribution in [1.29, 1.82) is 0 Å². The molecule has 1 aliphatic carbocycles. The van der Waals surface area contributed by atoms with Crippen LogP contribution >= 0.6 is 0 Å². The largest absolute Gasteiger partial charge is 0.453 e. The molecule has 1 aromatic rings. The fraction of sp³-hybridized carbons (Fsp3) is 0.294. The topological polar surface area (TPSA) is 50.4 Å². The second kappa shape index (κ2) is 5.75. The summed E-state index contributed by atoms with van der Waals surface area (Å²) in [5.74, 6) is 0.324. The van der Waals surface area contributed by atoms with Crippen molar-refractivity contribution in [3.63, 3.8) is 0 Å². The first-order valence-electron chi connectivity index (χ1n) is 7.41. The number of halogens is 1. The monoisotopic (exact) mass is 299 g/mol. The summed E-state index contributed by atoms with van der Waals surface area (Å²) in [6, 6.07) is 6.85. The van der Waals surface area contributed by atoms with Gasteiger partial charge in [0.05, 0.1) is 11.0 Å². The number of nitrogens with zero attached hydrogens (tertiary/aromatic N) is 2. The number of benzene rings is 2. The van der Waals surface area contributed by atoms with Gasteiger partial charge in [0, 0.05) is 31.3 Å². The van der Waals surface area contributed by atoms with Crippen LogP contribution in [0.25, 0.3) is 22.6 Å². The fourth-order valence-corrected chi connectivity index (χ4v) is 2.46. The molecule has 2 aliphatic rings. The van der Waals surface area contributed by atoms with Gasteiger partial charge in [-0.25, -0.2) is 9.37 Å². The molecule has 0 radical (unpaired) electrons. The third kappa shape index (κ3) is 2.54. The number of aryl methyl sites for hydroxylation is 1. The maximum Gasteiger partial charge on any atom is 0.155 e. The first-order chi connectivity index (χ1) is 10.6. The summed E-state index contributed by atoms with van der Waals surface area (Å²) < 4.78 is 19.9. The lowest BCUT2D eigenvalue weighted by molar-refractivity contribution is 0.604. The van der Waals surface area contributed by atoms with E-state index >= 15 is 0 Å². The van der Waals surface area contributed by atoms with Gasteiger partial charge < -0.3 is 9.73 Å². The Bertz CT molecular complexity index is 870. The van der Waals surface area contributed by atoms with Gasteiger partial charge in [0.15, 0.2) is 11.3 Å². The van der Waals surface area contributed by atoms with E-state index in [0.29, 0.717) is 41.3 Å². The van der Waals surface area contributed by atoms with Crippen molar-refractivity contribution in [1.82, 2.24) is 4.98 Å². The smallest absolute Gasteiger partial charge is 0.155 e. The number of aromatic nitrogens is 1. The van der Waals surface area contributed by atoms with Crippen LogP contribution in [0.4, 0.5) is 10.1 Å². The quantitative estimate of drug-likeness (QED) is 0.750. The van der Waals surface area contributed by atoms with Gasteiger partial charge in [0.25, 0.3) is 0 Å². The number of rotatable bonds is 3. The van der Waals surface area contributed by atoms with Gasteiger partial charge >= 0.3 is 0 Å². The molecule has 0 atom stereocenters. The zero-order valence-corrected chi connectivity index (χ0v) is 12.9. The van der Waals surface area contributed by atoms with Crippen LogP contribution in [0.15, 0.2) is 33.7 Å². The standard InChI is InChI=1S/C17H18FN3O/c1-4-19-12-8-16-14(6-10(12)3)21-15-7-11(18)13(20-5-2)9-17(15)22-16/h6-9,20H,4-5H2,1-3H3/b19-12-. The highest BCUT2D eigenvalue weighted by molar-refractivity contribution is 5.80. The molecule has 1 N–H and O–H groups in total. The Morgan fingerprint density at radius 3 is 2.77 bits per heavy atom. The Hall–Kier alpha value is -2.43. The lowest BCUT2D eigenvalue weighted by atomic mass is 10.1. The molecule has 1 aliphatic heterocycles. The predicted molar refractivity (Wildman–Crippen MR) is 85.6 cm³/mol. The van der Waals surface area contributed by atoms with Gasteiger partial charge in [0.2, 0.25) is 0 Å². The molecule has 0 fully saturated rings. The summed E-state index contributed by atoms with van der Waals surface area (Å²) in [5, 5.41) is 3.87. The van der Waals surface area contributed by atoms with Crippen LogP contribution in [0.1, 0.15) is 19.4 Å². The molecule has 4 nitrogen and oxygen atoms in total. The Morgan fingerprint density at radius 1 is 1.23 bits per heavy atom. The van der Waals surface area contributed by atoms with Crippen molar-refractivity contribution in [3.8, 4) is 11.5 Å². The maximum absolute atomic E-state index is 14.0. The van der Waals surface area contributed by atoms with Crippen LogP contribution in [0.5, 0.6) is 0 Å². The van der Waals surface area contributed by atoms with Crippen LogP contribution in [-0.4, -0.2) is 18.1 Å². The van der Waals surface area contributed by atoms with Gasteiger partial charge in [-0.1, -0.05) is 0 Å². The summed E-state index contributed by atoms with van der Waals surface area (Å²) in [6.45, 7) is 7.24. The number of hydrogen-bond acceptors (Lipinski definition) is 4. The van der Waals surface area contributed by atoms with E-state index in [2.05, 4.69) is 15.3 Å². The molecule has 0 saturated heterocycles. The van der Waals surface area contributed by atoms with Crippen molar-refractivity contribution in [3.05, 3.63) is 41.0 Å². The van der Waals surface area contributed by atoms with Gasteiger partial charge in [-0.05, 0) is 32.4 Å². The molecule has 22 heavy (non-hydrogen) atoms. The lowest BCUT2D eigenvalue weighted by Crippen LogP contribution is -2.09. The van der Waals surface area contributed by atoms with Crippen molar-refractivity contribution in [2.24, 2.45) is 4.99 Å². The average molecular weight is 299 g/mol. The average Bonchev–Trinajstić information content (AvgIpc) is 2.48. The molecule has 0 amide bonds. The van der Waals surface area contributed by atoms with E-state index in [-0.39, 0.29) is 5.82 Å². The first kappa shape index (κ1) is 14.5. The Labute approximate surface area is 128 Å². The number of anilines is 1. The Balaban J connectivity index is 2.28. The van der Waals surface area contributed by atoms with Gasteiger partial charge in [-0.15, -0.1) is 0 Å². The van der Waals surface area contributed by atoms with Gasteiger partial charge in [-0.2, -0.15) is 0 Å². The van der Waals surface area contributed by atoms with Crippen LogP contribution in [0.2, 0.25) is 0 Å². The molecule has 1 heterocycles. The van der Waals surface area contributed by atoms with Gasteiger partial charge in [-0.3, -0.25) is 4.99 Å². The molecule has 0 saturated carbocycles. The van der Waals surface area contributed by atoms with E-state index in [9.17, 15) is 4.39 Å². The molecule has 0 bridgehead atoms. The summed E-state index contributed by atoms with van der Waals surface area (Å²) in [4.78, 5) is 8.94. The van der Waals surface area contributed by atoms with E-state index in [0.717, 1.165) is 10.9 Å². The van der Waals surface area contributed by atoms with Crippen LogP contribution in [-0.2, 0) is 0 Å². The first-order valence-corrected chi connectivity index (χ1v) is 7.41. The normalized spacial score (nSPS) is 12.3. The number of hydrogen-bond donors (Lipinski definition) is 1.